The van der Waals surface area contributed by atoms with Crippen LogP contribution in [0, 0.1) is 5.92 Å². The molecule has 0 heterocycles. The smallest absolute Gasteiger partial charge is 0.242 e. The lowest BCUT2D eigenvalue weighted by atomic mass is 9.85. The molecule has 17 heavy (non-hydrogen) atoms. The topological polar surface area (TPSA) is 46.3 Å². The Balaban J connectivity index is 2.62. The van der Waals surface area contributed by atoms with Crippen LogP contribution in [0.4, 0.5) is 0 Å². The van der Waals surface area contributed by atoms with E-state index in [0.29, 0.717) is 6.04 Å². The summed E-state index contributed by atoms with van der Waals surface area (Å²) in [5.74, 6) is 0.845. The fourth-order valence-corrected chi connectivity index (χ4v) is 2.95. The zero-order valence-corrected chi connectivity index (χ0v) is 11.8. The summed E-state index contributed by atoms with van der Waals surface area (Å²) >= 11 is 0. The van der Waals surface area contributed by atoms with Gasteiger partial charge in [0, 0.05) is 13.1 Å². The molecule has 0 aromatic carbocycles. The number of likely N-dealkylation sites (N-methyl/N-ethyl adjacent to an activating group) is 1. The van der Waals surface area contributed by atoms with Gasteiger partial charge in [0.2, 0.25) is 5.91 Å². The second-order valence-corrected chi connectivity index (χ2v) is 6.01. The molecule has 0 aliphatic heterocycles. The van der Waals surface area contributed by atoms with E-state index in [-0.39, 0.29) is 5.91 Å². The summed E-state index contributed by atoms with van der Waals surface area (Å²) in [4.78, 5) is 14.3. The summed E-state index contributed by atoms with van der Waals surface area (Å²) in [7, 11) is 1.92. The SMILES string of the molecule is CCCC(C)(N)C(=O)N(C)C1CCCC(C)C1. The first-order chi connectivity index (χ1) is 7.88. The van der Waals surface area contributed by atoms with E-state index in [9.17, 15) is 4.79 Å². The number of hydrogen-bond acceptors (Lipinski definition) is 2. The monoisotopic (exact) mass is 240 g/mol. The maximum atomic E-state index is 12.4. The molecule has 1 saturated carbocycles. The molecule has 3 unspecified atom stereocenters. The molecule has 3 heteroatoms. The average Bonchev–Trinajstić information content (AvgIpc) is 2.27. The molecule has 1 amide bonds. The van der Waals surface area contributed by atoms with Crippen molar-refractivity contribution in [2.75, 3.05) is 7.05 Å². The summed E-state index contributed by atoms with van der Waals surface area (Å²) in [6, 6.07) is 0.394. The number of carbonyl (C=O) groups is 1. The van der Waals surface area contributed by atoms with E-state index in [2.05, 4.69) is 13.8 Å². The van der Waals surface area contributed by atoms with E-state index in [1.807, 2.05) is 18.9 Å². The quantitative estimate of drug-likeness (QED) is 0.821. The number of carbonyl (C=O) groups excluding carboxylic acids is 1. The van der Waals surface area contributed by atoms with Crippen molar-refractivity contribution < 1.29 is 4.79 Å². The highest BCUT2D eigenvalue weighted by Crippen LogP contribution is 2.28. The van der Waals surface area contributed by atoms with Crippen LogP contribution in [0.1, 0.15) is 59.3 Å². The fraction of sp³-hybridized carbons (Fsp3) is 0.929. The van der Waals surface area contributed by atoms with E-state index < -0.39 is 5.54 Å². The molecule has 0 spiro atoms. The van der Waals surface area contributed by atoms with Crippen LogP contribution < -0.4 is 5.73 Å². The Bertz CT molecular complexity index is 263. The lowest BCUT2D eigenvalue weighted by molar-refractivity contribution is -0.138. The fourth-order valence-electron chi connectivity index (χ4n) is 2.95. The molecule has 3 atom stereocenters. The number of hydrogen-bond donors (Lipinski definition) is 1. The lowest BCUT2D eigenvalue weighted by Gasteiger charge is -2.38. The zero-order chi connectivity index (χ0) is 13.1. The van der Waals surface area contributed by atoms with Crippen LogP contribution in [0.2, 0.25) is 0 Å². The van der Waals surface area contributed by atoms with Gasteiger partial charge in [0.15, 0.2) is 0 Å². The predicted octanol–water partition coefficient (Wildman–Crippen LogP) is 2.54. The molecule has 0 aromatic heterocycles. The Kier molecular flexibility index (Phi) is 4.99. The molecule has 0 radical (unpaired) electrons. The van der Waals surface area contributed by atoms with Crippen LogP contribution in [-0.4, -0.2) is 29.4 Å². The van der Waals surface area contributed by atoms with Crippen LogP contribution in [0.3, 0.4) is 0 Å². The van der Waals surface area contributed by atoms with Crippen LogP contribution in [-0.2, 0) is 4.79 Å². The van der Waals surface area contributed by atoms with Gasteiger partial charge in [-0.25, -0.2) is 0 Å². The molecule has 1 aliphatic carbocycles. The third-order valence-electron chi connectivity index (χ3n) is 4.03. The average molecular weight is 240 g/mol. The molecular formula is C14H28N2O. The standard InChI is InChI=1S/C14H28N2O/c1-5-9-14(3,15)13(17)16(4)12-8-6-7-11(2)10-12/h11-12H,5-10,15H2,1-4H3. The van der Waals surface area contributed by atoms with Crippen molar-refractivity contribution >= 4 is 5.91 Å². The van der Waals surface area contributed by atoms with Gasteiger partial charge >= 0.3 is 0 Å². The summed E-state index contributed by atoms with van der Waals surface area (Å²) < 4.78 is 0. The van der Waals surface area contributed by atoms with Crippen LogP contribution in [0.5, 0.6) is 0 Å². The molecule has 2 N–H and O–H groups in total. The molecule has 1 fully saturated rings. The summed E-state index contributed by atoms with van der Waals surface area (Å²) in [6.07, 6.45) is 6.51. The van der Waals surface area contributed by atoms with Gasteiger partial charge in [0.05, 0.1) is 5.54 Å². The second-order valence-electron chi connectivity index (χ2n) is 6.01. The number of nitrogens with two attached hydrogens (primary N) is 1. The van der Waals surface area contributed by atoms with Crippen molar-refractivity contribution in [1.29, 1.82) is 0 Å². The first-order valence-corrected chi connectivity index (χ1v) is 6.94. The van der Waals surface area contributed by atoms with Crippen LogP contribution in [0.25, 0.3) is 0 Å². The highest BCUT2D eigenvalue weighted by Gasteiger charge is 2.34. The third kappa shape index (κ3) is 3.70. The van der Waals surface area contributed by atoms with Crippen molar-refractivity contribution in [2.24, 2.45) is 11.7 Å². The number of amides is 1. The van der Waals surface area contributed by atoms with Gasteiger partial charge in [-0.2, -0.15) is 0 Å². The van der Waals surface area contributed by atoms with Crippen molar-refractivity contribution in [3.8, 4) is 0 Å². The van der Waals surface area contributed by atoms with Crippen molar-refractivity contribution in [3.63, 3.8) is 0 Å². The minimum absolute atomic E-state index is 0.110. The molecule has 1 aliphatic rings. The summed E-state index contributed by atoms with van der Waals surface area (Å²) in [5.41, 5.74) is 5.43. The number of nitrogens with zero attached hydrogens (tertiary/aromatic N) is 1. The Hall–Kier alpha value is -0.570. The molecule has 3 nitrogen and oxygen atoms in total. The van der Waals surface area contributed by atoms with Gasteiger partial charge < -0.3 is 10.6 Å². The third-order valence-corrected chi connectivity index (χ3v) is 4.03. The minimum atomic E-state index is -0.690. The lowest BCUT2D eigenvalue weighted by Crippen LogP contribution is -2.55. The van der Waals surface area contributed by atoms with E-state index in [1.165, 1.54) is 12.8 Å². The minimum Gasteiger partial charge on any atom is -0.341 e. The van der Waals surface area contributed by atoms with E-state index >= 15 is 0 Å². The highest BCUT2D eigenvalue weighted by atomic mass is 16.2. The highest BCUT2D eigenvalue weighted by molar-refractivity contribution is 5.85. The molecular weight excluding hydrogens is 212 g/mol. The predicted molar refractivity (Wildman–Crippen MR) is 71.7 cm³/mol. The van der Waals surface area contributed by atoms with Gasteiger partial charge in [0.1, 0.15) is 0 Å². The van der Waals surface area contributed by atoms with Crippen molar-refractivity contribution in [1.82, 2.24) is 4.90 Å². The molecule has 1 rings (SSSR count). The van der Waals surface area contributed by atoms with Crippen molar-refractivity contribution in [2.45, 2.75) is 70.9 Å². The molecule has 100 valence electrons. The van der Waals surface area contributed by atoms with E-state index in [1.54, 1.807) is 0 Å². The van der Waals surface area contributed by atoms with Gasteiger partial charge in [0.25, 0.3) is 0 Å². The maximum Gasteiger partial charge on any atom is 0.242 e. The molecule has 0 aromatic rings. The normalized spacial score (nSPS) is 28.5. The maximum absolute atomic E-state index is 12.4. The molecule has 0 bridgehead atoms. The first-order valence-electron chi connectivity index (χ1n) is 6.94. The number of rotatable bonds is 4. The van der Waals surface area contributed by atoms with Gasteiger partial charge in [-0.05, 0) is 32.1 Å². The van der Waals surface area contributed by atoms with Crippen molar-refractivity contribution in [3.05, 3.63) is 0 Å². The Morgan fingerprint density at radius 2 is 2.12 bits per heavy atom. The van der Waals surface area contributed by atoms with Gasteiger partial charge in [-0.15, -0.1) is 0 Å². The Labute approximate surface area is 106 Å². The Morgan fingerprint density at radius 3 is 2.65 bits per heavy atom. The molecule has 0 saturated heterocycles. The van der Waals surface area contributed by atoms with Gasteiger partial charge in [-0.3, -0.25) is 4.79 Å². The second kappa shape index (κ2) is 5.85. The van der Waals surface area contributed by atoms with Crippen LogP contribution in [0.15, 0.2) is 0 Å². The Morgan fingerprint density at radius 1 is 1.47 bits per heavy atom. The summed E-state index contributed by atoms with van der Waals surface area (Å²) in [5, 5.41) is 0. The van der Waals surface area contributed by atoms with Crippen LogP contribution >= 0.6 is 0 Å². The first kappa shape index (κ1) is 14.5. The van der Waals surface area contributed by atoms with E-state index in [0.717, 1.165) is 31.6 Å². The van der Waals surface area contributed by atoms with Gasteiger partial charge in [-0.1, -0.05) is 33.1 Å². The van der Waals surface area contributed by atoms with E-state index in [4.69, 9.17) is 5.73 Å². The zero-order valence-electron chi connectivity index (χ0n) is 11.8. The summed E-state index contributed by atoms with van der Waals surface area (Å²) in [6.45, 7) is 6.21. The largest absolute Gasteiger partial charge is 0.341 e.